The number of halogens is 1. The van der Waals surface area contributed by atoms with Gasteiger partial charge in [-0.15, -0.1) is 0 Å². The number of nitrogens with zero attached hydrogens (tertiary/aromatic N) is 4. The van der Waals surface area contributed by atoms with Gasteiger partial charge in [-0.05, 0) is 25.1 Å². The highest BCUT2D eigenvalue weighted by Crippen LogP contribution is 2.46. The predicted octanol–water partition coefficient (Wildman–Crippen LogP) is 1.69. The van der Waals surface area contributed by atoms with Crippen molar-refractivity contribution in [1.82, 2.24) is 20.9 Å². The number of carbonyl (C=O) groups excluding carboxylic acids is 3. The van der Waals surface area contributed by atoms with E-state index in [-0.39, 0.29) is 38.2 Å². The van der Waals surface area contributed by atoms with Crippen molar-refractivity contribution >= 4 is 29.4 Å². The molecular formula is C23H27FN6O6. The van der Waals surface area contributed by atoms with Crippen LogP contribution in [-0.2, 0) is 20.9 Å². The second kappa shape index (κ2) is 9.30. The van der Waals surface area contributed by atoms with Gasteiger partial charge in [-0.3, -0.25) is 14.5 Å². The molecular weight excluding hydrogens is 475 g/mol. The summed E-state index contributed by atoms with van der Waals surface area (Å²) in [5, 5.41) is 10.5. The van der Waals surface area contributed by atoms with E-state index in [4.69, 9.17) is 14.1 Å². The summed E-state index contributed by atoms with van der Waals surface area (Å²) in [5.41, 5.74) is 0.560. The van der Waals surface area contributed by atoms with Crippen LogP contribution < -0.4 is 20.4 Å². The van der Waals surface area contributed by atoms with E-state index in [0.717, 1.165) is 0 Å². The maximum absolute atomic E-state index is 15.1. The number of carbonyl (C=O) groups is 3. The monoisotopic (exact) mass is 502 g/mol. The molecule has 1 aliphatic carbocycles. The molecule has 192 valence electrons. The van der Waals surface area contributed by atoms with E-state index >= 15 is 4.39 Å². The minimum atomic E-state index is -0.753. The fraction of sp³-hybridized carbons (Fsp3) is 0.478. The first kappa shape index (κ1) is 23.9. The van der Waals surface area contributed by atoms with Crippen LogP contribution in [0.2, 0.25) is 0 Å². The number of amides is 4. The zero-order valence-electron chi connectivity index (χ0n) is 20.0. The van der Waals surface area contributed by atoms with Crippen molar-refractivity contribution < 1.29 is 32.9 Å². The van der Waals surface area contributed by atoms with Crippen LogP contribution >= 0.6 is 0 Å². The van der Waals surface area contributed by atoms with Gasteiger partial charge in [-0.25, -0.2) is 19.0 Å². The maximum Gasteiger partial charge on any atom is 0.415 e. The minimum Gasteiger partial charge on any atom is -0.438 e. The SMILES string of the molecule is CC(=O)NC1CC12CN(c1ccc(N3CCON(C(=O)NCc4cc(C)on4)CC3)c(F)c1)C(=O)O2. The Bertz CT molecular complexity index is 1190. The molecule has 5 rings (SSSR count). The summed E-state index contributed by atoms with van der Waals surface area (Å²) in [4.78, 5) is 44.9. The van der Waals surface area contributed by atoms with Crippen LogP contribution in [0.15, 0.2) is 28.8 Å². The molecule has 12 nitrogen and oxygen atoms in total. The van der Waals surface area contributed by atoms with Gasteiger partial charge < -0.3 is 24.8 Å². The zero-order valence-corrected chi connectivity index (χ0v) is 20.0. The van der Waals surface area contributed by atoms with Crippen LogP contribution in [0, 0.1) is 12.7 Å². The van der Waals surface area contributed by atoms with Crippen LogP contribution in [0.5, 0.6) is 0 Å². The lowest BCUT2D eigenvalue weighted by Crippen LogP contribution is -2.41. The van der Waals surface area contributed by atoms with Gasteiger partial charge in [0.15, 0.2) is 5.60 Å². The van der Waals surface area contributed by atoms with E-state index in [9.17, 15) is 14.4 Å². The summed E-state index contributed by atoms with van der Waals surface area (Å²) in [6, 6.07) is 5.62. The molecule has 2 N–H and O–H groups in total. The van der Waals surface area contributed by atoms with E-state index in [2.05, 4.69) is 15.8 Å². The van der Waals surface area contributed by atoms with Gasteiger partial charge in [-0.2, -0.15) is 0 Å². The standard InChI is InChI=1S/C23H27FN6O6/c1-14-9-16(27-36-14)12-25-21(32)30-6-5-28(7-8-34-30)19-4-3-17(10-18(19)24)29-13-23(35-22(29)33)11-20(23)26-15(2)31/h3-4,9-10,20H,5-8,11-13H2,1-2H3,(H,25,32)(H,26,31). The number of ether oxygens (including phenoxy) is 1. The fourth-order valence-corrected chi connectivity index (χ4v) is 4.52. The molecule has 2 unspecified atom stereocenters. The lowest BCUT2D eigenvalue weighted by molar-refractivity contribution is -0.119. The summed E-state index contributed by atoms with van der Waals surface area (Å²) < 4.78 is 25.6. The third-order valence-corrected chi connectivity index (χ3v) is 6.43. The lowest BCUT2D eigenvalue weighted by atomic mass is 10.2. The molecule has 3 heterocycles. The Hall–Kier alpha value is -3.87. The minimum absolute atomic E-state index is 0.184. The smallest absolute Gasteiger partial charge is 0.415 e. The van der Waals surface area contributed by atoms with Gasteiger partial charge in [0.25, 0.3) is 0 Å². The topological polar surface area (TPSA) is 129 Å². The Labute approximate surface area is 206 Å². The molecule has 0 bridgehead atoms. The molecule has 1 spiro atoms. The summed E-state index contributed by atoms with van der Waals surface area (Å²) >= 11 is 0. The molecule has 1 aromatic heterocycles. The first-order chi connectivity index (χ1) is 17.2. The largest absolute Gasteiger partial charge is 0.438 e. The third kappa shape index (κ3) is 4.78. The predicted molar refractivity (Wildman–Crippen MR) is 124 cm³/mol. The molecule has 2 aliphatic heterocycles. The number of rotatable bonds is 5. The molecule has 36 heavy (non-hydrogen) atoms. The summed E-state index contributed by atoms with van der Waals surface area (Å²) in [6.45, 7) is 4.73. The lowest BCUT2D eigenvalue weighted by Gasteiger charge is -2.24. The number of nitrogens with one attached hydrogen (secondary N) is 2. The first-order valence-electron chi connectivity index (χ1n) is 11.7. The summed E-state index contributed by atoms with van der Waals surface area (Å²) in [5.74, 6) is -0.0455. The number of aromatic nitrogens is 1. The van der Waals surface area contributed by atoms with Gasteiger partial charge in [0.05, 0.1) is 43.7 Å². The molecule has 0 radical (unpaired) electrons. The van der Waals surface area contributed by atoms with E-state index in [1.54, 1.807) is 30.0 Å². The average molecular weight is 503 g/mol. The van der Waals surface area contributed by atoms with E-state index in [0.29, 0.717) is 42.3 Å². The van der Waals surface area contributed by atoms with E-state index in [1.165, 1.54) is 23.0 Å². The number of urea groups is 1. The van der Waals surface area contributed by atoms with Crippen LogP contribution in [0.1, 0.15) is 24.8 Å². The highest BCUT2D eigenvalue weighted by Gasteiger charge is 2.64. The summed E-state index contributed by atoms with van der Waals surface area (Å²) in [7, 11) is 0. The van der Waals surface area contributed by atoms with Crippen molar-refractivity contribution in [1.29, 1.82) is 0 Å². The van der Waals surface area contributed by atoms with Crippen LogP contribution in [0.3, 0.4) is 0 Å². The molecule has 4 amide bonds. The van der Waals surface area contributed by atoms with Crippen molar-refractivity contribution in [3.8, 4) is 0 Å². The number of aryl methyl sites for hydroxylation is 1. The second-order valence-corrected chi connectivity index (χ2v) is 9.12. The second-order valence-electron chi connectivity index (χ2n) is 9.12. The highest BCUT2D eigenvalue weighted by atomic mass is 19.1. The molecule has 3 fully saturated rings. The molecule has 13 heteroatoms. The van der Waals surface area contributed by atoms with Crippen molar-refractivity contribution in [2.75, 3.05) is 42.6 Å². The molecule has 2 saturated heterocycles. The van der Waals surface area contributed by atoms with Gasteiger partial charge in [-0.1, -0.05) is 5.16 Å². The average Bonchev–Trinajstić information content (AvgIpc) is 3.23. The van der Waals surface area contributed by atoms with E-state index < -0.39 is 23.5 Å². The highest BCUT2D eigenvalue weighted by molar-refractivity contribution is 5.91. The first-order valence-corrected chi connectivity index (χ1v) is 11.7. The molecule has 2 atom stereocenters. The van der Waals surface area contributed by atoms with Crippen molar-refractivity contribution in [3.63, 3.8) is 0 Å². The van der Waals surface area contributed by atoms with Gasteiger partial charge in [0.2, 0.25) is 5.91 Å². The Morgan fingerprint density at radius 2 is 2.08 bits per heavy atom. The Kier molecular flexibility index (Phi) is 6.16. The number of hydrogen-bond acceptors (Lipinski definition) is 8. The number of anilines is 2. The Morgan fingerprint density at radius 1 is 1.25 bits per heavy atom. The molecule has 3 aliphatic rings. The maximum atomic E-state index is 15.1. The molecule has 1 aromatic carbocycles. The third-order valence-electron chi connectivity index (χ3n) is 6.43. The van der Waals surface area contributed by atoms with Crippen molar-refractivity contribution in [2.45, 2.75) is 38.5 Å². The van der Waals surface area contributed by atoms with E-state index in [1.807, 2.05) is 0 Å². The van der Waals surface area contributed by atoms with Gasteiger partial charge in [0.1, 0.15) is 17.3 Å². The van der Waals surface area contributed by atoms with Crippen LogP contribution in [0.4, 0.5) is 25.4 Å². The Balaban J connectivity index is 1.18. The molecule has 1 saturated carbocycles. The van der Waals surface area contributed by atoms with Crippen LogP contribution in [0.25, 0.3) is 0 Å². The van der Waals surface area contributed by atoms with Crippen molar-refractivity contribution in [3.05, 3.63) is 41.5 Å². The summed E-state index contributed by atoms with van der Waals surface area (Å²) in [6.07, 6.45) is -0.0357. The normalized spacial score (nSPS) is 23.5. The van der Waals surface area contributed by atoms with Crippen LogP contribution in [-0.4, -0.2) is 72.7 Å². The van der Waals surface area contributed by atoms with Crippen molar-refractivity contribution in [2.24, 2.45) is 0 Å². The number of hydroxylamine groups is 2. The zero-order chi connectivity index (χ0) is 25.4. The fourth-order valence-electron chi connectivity index (χ4n) is 4.52. The quantitative estimate of drug-likeness (QED) is 0.632. The number of hydrogen-bond donors (Lipinski definition) is 2. The molecule has 2 aromatic rings. The number of benzene rings is 1. The van der Waals surface area contributed by atoms with Gasteiger partial charge >= 0.3 is 12.1 Å². The van der Waals surface area contributed by atoms with Gasteiger partial charge in [0, 0.05) is 32.5 Å². The Morgan fingerprint density at radius 3 is 2.81 bits per heavy atom.